The second-order valence-electron chi connectivity index (χ2n) is 4.52. The fourth-order valence-corrected chi connectivity index (χ4v) is 2.78. The van der Waals surface area contributed by atoms with Crippen molar-refractivity contribution in [1.82, 2.24) is 0 Å². The van der Waals surface area contributed by atoms with Crippen LogP contribution in [-0.2, 0) is 4.79 Å². The van der Waals surface area contributed by atoms with E-state index in [9.17, 15) is 4.79 Å². The topological polar surface area (TPSA) is 29.1 Å². The lowest BCUT2D eigenvalue weighted by atomic mass is 10.2. The Kier molecular flexibility index (Phi) is 5.10. The Bertz CT molecular complexity index is 601. The molecule has 4 heteroatoms. The molecule has 2 aromatic carbocycles. The summed E-state index contributed by atoms with van der Waals surface area (Å²) in [4.78, 5) is 13.3. The van der Waals surface area contributed by atoms with Crippen LogP contribution in [0.4, 0.5) is 5.69 Å². The quantitative estimate of drug-likeness (QED) is 0.825. The van der Waals surface area contributed by atoms with E-state index in [1.54, 1.807) is 6.07 Å². The van der Waals surface area contributed by atoms with Gasteiger partial charge in [0.05, 0.1) is 5.25 Å². The number of benzene rings is 2. The average molecular weight is 306 g/mol. The van der Waals surface area contributed by atoms with Crippen molar-refractivity contribution < 1.29 is 4.79 Å². The summed E-state index contributed by atoms with van der Waals surface area (Å²) in [5.74, 6) is -0.0239. The molecule has 2 nitrogen and oxygen atoms in total. The molecule has 1 atom stereocenters. The first kappa shape index (κ1) is 14.9. The highest BCUT2D eigenvalue weighted by Crippen LogP contribution is 2.25. The molecule has 2 aromatic rings. The van der Waals surface area contributed by atoms with E-state index in [0.29, 0.717) is 5.02 Å². The molecule has 0 aliphatic carbocycles. The molecular weight excluding hydrogens is 290 g/mol. The number of carbonyl (C=O) groups excluding carboxylic acids is 1. The minimum Gasteiger partial charge on any atom is -0.325 e. The standard InChI is InChI=1S/C16H16ClNOS/c1-11-8-9-13(17)10-15(11)18-16(19)12(2)20-14-6-4-3-5-7-14/h3-10,12H,1-2H3,(H,18,19). The van der Waals surface area contributed by atoms with Crippen LogP contribution in [0.5, 0.6) is 0 Å². The smallest absolute Gasteiger partial charge is 0.237 e. The van der Waals surface area contributed by atoms with Gasteiger partial charge in [-0.05, 0) is 43.7 Å². The largest absolute Gasteiger partial charge is 0.325 e. The van der Waals surface area contributed by atoms with Crippen LogP contribution in [0.2, 0.25) is 5.02 Å². The third-order valence-electron chi connectivity index (χ3n) is 2.88. The lowest BCUT2D eigenvalue weighted by Crippen LogP contribution is -2.22. The third kappa shape index (κ3) is 4.02. The number of hydrogen-bond acceptors (Lipinski definition) is 2. The Morgan fingerprint density at radius 2 is 1.90 bits per heavy atom. The zero-order valence-corrected chi connectivity index (χ0v) is 13.0. The van der Waals surface area contributed by atoms with Crippen molar-refractivity contribution in [2.75, 3.05) is 5.32 Å². The molecule has 1 amide bonds. The van der Waals surface area contributed by atoms with Crippen LogP contribution in [0.3, 0.4) is 0 Å². The lowest BCUT2D eigenvalue weighted by molar-refractivity contribution is -0.115. The number of hydrogen-bond donors (Lipinski definition) is 1. The predicted molar refractivity (Wildman–Crippen MR) is 86.6 cm³/mol. The van der Waals surface area contributed by atoms with E-state index >= 15 is 0 Å². The van der Waals surface area contributed by atoms with Crippen molar-refractivity contribution in [3.8, 4) is 0 Å². The maximum absolute atomic E-state index is 12.2. The second kappa shape index (κ2) is 6.82. The summed E-state index contributed by atoms with van der Waals surface area (Å²) < 4.78 is 0. The van der Waals surface area contributed by atoms with E-state index in [0.717, 1.165) is 16.1 Å². The van der Waals surface area contributed by atoms with Gasteiger partial charge in [-0.25, -0.2) is 0 Å². The number of thioether (sulfide) groups is 1. The van der Waals surface area contributed by atoms with E-state index in [4.69, 9.17) is 11.6 Å². The molecule has 0 aromatic heterocycles. The molecule has 104 valence electrons. The Morgan fingerprint density at radius 1 is 1.20 bits per heavy atom. The summed E-state index contributed by atoms with van der Waals surface area (Å²) >= 11 is 7.49. The van der Waals surface area contributed by atoms with Crippen LogP contribution in [-0.4, -0.2) is 11.2 Å². The van der Waals surface area contributed by atoms with Gasteiger partial charge in [0.1, 0.15) is 0 Å². The van der Waals surface area contributed by atoms with Crippen molar-refractivity contribution in [3.05, 3.63) is 59.1 Å². The maximum Gasteiger partial charge on any atom is 0.237 e. The van der Waals surface area contributed by atoms with Gasteiger partial charge in [0, 0.05) is 15.6 Å². The van der Waals surface area contributed by atoms with Crippen LogP contribution < -0.4 is 5.32 Å². The van der Waals surface area contributed by atoms with Crippen molar-refractivity contribution in [1.29, 1.82) is 0 Å². The van der Waals surface area contributed by atoms with E-state index in [1.165, 1.54) is 11.8 Å². The Labute approximate surface area is 128 Å². The van der Waals surface area contributed by atoms with E-state index in [1.807, 2.05) is 56.3 Å². The Hall–Kier alpha value is -1.45. The van der Waals surface area contributed by atoms with Gasteiger partial charge in [0.15, 0.2) is 0 Å². The number of amides is 1. The van der Waals surface area contributed by atoms with Gasteiger partial charge in [0.2, 0.25) is 5.91 Å². The number of aryl methyl sites for hydroxylation is 1. The molecule has 0 aliphatic heterocycles. The number of anilines is 1. The fourth-order valence-electron chi connectivity index (χ4n) is 1.72. The molecule has 0 radical (unpaired) electrons. The summed E-state index contributed by atoms with van der Waals surface area (Å²) in [5, 5.41) is 3.38. The summed E-state index contributed by atoms with van der Waals surface area (Å²) in [5.41, 5.74) is 1.77. The number of halogens is 1. The Morgan fingerprint density at radius 3 is 2.60 bits per heavy atom. The summed E-state index contributed by atoms with van der Waals surface area (Å²) in [6.45, 7) is 3.84. The maximum atomic E-state index is 12.2. The van der Waals surface area contributed by atoms with E-state index in [2.05, 4.69) is 5.32 Å². The molecule has 20 heavy (non-hydrogen) atoms. The van der Waals surface area contributed by atoms with Gasteiger partial charge in [0.25, 0.3) is 0 Å². The third-order valence-corrected chi connectivity index (χ3v) is 4.23. The van der Waals surface area contributed by atoms with Gasteiger partial charge < -0.3 is 5.32 Å². The Balaban J connectivity index is 2.02. The lowest BCUT2D eigenvalue weighted by Gasteiger charge is -2.13. The first-order valence-electron chi connectivity index (χ1n) is 6.35. The minimum absolute atomic E-state index is 0.0239. The number of nitrogens with one attached hydrogen (secondary N) is 1. The first-order valence-corrected chi connectivity index (χ1v) is 7.61. The fraction of sp³-hybridized carbons (Fsp3) is 0.188. The molecule has 0 heterocycles. The van der Waals surface area contributed by atoms with Crippen molar-refractivity contribution in [2.24, 2.45) is 0 Å². The molecule has 0 saturated heterocycles. The first-order chi connectivity index (χ1) is 9.56. The molecular formula is C16H16ClNOS. The molecule has 2 rings (SSSR count). The summed E-state index contributed by atoms with van der Waals surface area (Å²) in [7, 11) is 0. The van der Waals surface area contributed by atoms with Crippen LogP contribution in [0.25, 0.3) is 0 Å². The highest BCUT2D eigenvalue weighted by Gasteiger charge is 2.15. The van der Waals surface area contributed by atoms with E-state index in [-0.39, 0.29) is 11.2 Å². The van der Waals surface area contributed by atoms with Crippen LogP contribution in [0.1, 0.15) is 12.5 Å². The molecule has 0 spiro atoms. The molecule has 1 N–H and O–H groups in total. The van der Waals surface area contributed by atoms with Crippen LogP contribution >= 0.6 is 23.4 Å². The predicted octanol–water partition coefficient (Wildman–Crippen LogP) is 4.77. The average Bonchev–Trinajstić information content (AvgIpc) is 2.44. The van der Waals surface area contributed by atoms with Crippen molar-refractivity contribution in [2.45, 2.75) is 24.0 Å². The molecule has 0 bridgehead atoms. The van der Waals surface area contributed by atoms with Gasteiger partial charge in [-0.3, -0.25) is 4.79 Å². The molecule has 1 unspecified atom stereocenters. The molecule has 0 fully saturated rings. The van der Waals surface area contributed by atoms with Crippen molar-refractivity contribution in [3.63, 3.8) is 0 Å². The zero-order valence-electron chi connectivity index (χ0n) is 11.4. The number of rotatable bonds is 4. The minimum atomic E-state index is -0.171. The van der Waals surface area contributed by atoms with Crippen molar-refractivity contribution >= 4 is 35.0 Å². The van der Waals surface area contributed by atoms with Gasteiger partial charge in [-0.2, -0.15) is 0 Å². The molecule has 0 saturated carbocycles. The van der Waals surface area contributed by atoms with Gasteiger partial charge in [-0.1, -0.05) is 35.9 Å². The van der Waals surface area contributed by atoms with Gasteiger partial charge in [-0.15, -0.1) is 11.8 Å². The van der Waals surface area contributed by atoms with Gasteiger partial charge >= 0.3 is 0 Å². The highest BCUT2D eigenvalue weighted by atomic mass is 35.5. The van der Waals surface area contributed by atoms with Crippen LogP contribution in [0.15, 0.2) is 53.4 Å². The normalized spacial score (nSPS) is 11.9. The van der Waals surface area contributed by atoms with E-state index < -0.39 is 0 Å². The second-order valence-corrected chi connectivity index (χ2v) is 6.37. The monoisotopic (exact) mass is 305 g/mol. The number of carbonyl (C=O) groups is 1. The summed E-state index contributed by atoms with van der Waals surface area (Å²) in [6, 6.07) is 15.4. The van der Waals surface area contributed by atoms with Crippen LogP contribution in [0, 0.1) is 6.92 Å². The SMILES string of the molecule is Cc1ccc(Cl)cc1NC(=O)C(C)Sc1ccccc1. The highest BCUT2D eigenvalue weighted by molar-refractivity contribution is 8.00. The zero-order chi connectivity index (χ0) is 14.5. The summed E-state index contributed by atoms with van der Waals surface area (Å²) in [6.07, 6.45) is 0. The molecule has 0 aliphatic rings.